The molecule has 0 atom stereocenters. The van der Waals surface area contributed by atoms with Gasteiger partial charge in [-0.3, -0.25) is 9.78 Å². The molecule has 21 heavy (non-hydrogen) atoms. The van der Waals surface area contributed by atoms with Crippen LogP contribution in [0.4, 0.5) is 0 Å². The van der Waals surface area contributed by atoms with E-state index in [9.17, 15) is 4.79 Å². The molecule has 110 valence electrons. The summed E-state index contributed by atoms with van der Waals surface area (Å²) in [6.07, 6.45) is 2.17. The van der Waals surface area contributed by atoms with Crippen molar-refractivity contribution < 1.29 is 9.53 Å². The Bertz CT molecular complexity index is 621. The molecule has 3 rings (SSSR count). The fourth-order valence-corrected chi connectivity index (χ4v) is 3.28. The monoisotopic (exact) mass is 303 g/mol. The first kappa shape index (κ1) is 14.2. The van der Waals surface area contributed by atoms with E-state index in [1.807, 2.05) is 30.0 Å². The summed E-state index contributed by atoms with van der Waals surface area (Å²) in [7, 11) is 0. The van der Waals surface area contributed by atoms with Crippen LogP contribution < -0.4 is 0 Å². The summed E-state index contributed by atoms with van der Waals surface area (Å²) >= 11 is 1.55. The van der Waals surface area contributed by atoms with Gasteiger partial charge in [0.2, 0.25) is 5.91 Å². The highest BCUT2D eigenvalue weighted by atomic mass is 32.1. The van der Waals surface area contributed by atoms with Gasteiger partial charge in [-0.2, -0.15) is 0 Å². The quantitative estimate of drug-likeness (QED) is 0.869. The maximum Gasteiger partial charge on any atom is 0.228 e. The molecule has 0 aliphatic carbocycles. The minimum Gasteiger partial charge on any atom is -0.378 e. The molecular weight excluding hydrogens is 286 g/mol. The Labute approximate surface area is 127 Å². The van der Waals surface area contributed by atoms with E-state index in [1.165, 1.54) is 0 Å². The Balaban J connectivity index is 1.74. The predicted molar refractivity (Wildman–Crippen MR) is 81.2 cm³/mol. The van der Waals surface area contributed by atoms with Crippen molar-refractivity contribution in [1.82, 2.24) is 14.9 Å². The summed E-state index contributed by atoms with van der Waals surface area (Å²) in [6, 6.07) is 5.76. The molecule has 2 aromatic heterocycles. The number of hydrogen-bond acceptors (Lipinski definition) is 5. The number of aryl methyl sites for hydroxylation is 1. The van der Waals surface area contributed by atoms with E-state index in [2.05, 4.69) is 9.97 Å². The second kappa shape index (κ2) is 6.32. The van der Waals surface area contributed by atoms with Crippen molar-refractivity contribution in [3.63, 3.8) is 0 Å². The highest BCUT2D eigenvalue weighted by Gasteiger charge is 2.20. The first-order valence-electron chi connectivity index (χ1n) is 6.97. The number of pyridine rings is 1. The van der Waals surface area contributed by atoms with Gasteiger partial charge in [0.15, 0.2) is 0 Å². The zero-order valence-electron chi connectivity index (χ0n) is 11.9. The number of aromatic nitrogens is 2. The normalized spacial score (nSPS) is 15.2. The van der Waals surface area contributed by atoms with Crippen LogP contribution in [0.5, 0.6) is 0 Å². The second-order valence-corrected chi connectivity index (χ2v) is 6.00. The number of thiazole rings is 1. The van der Waals surface area contributed by atoms with Gasteiger partial charge in [-0.05, 0) is 19.1 Å². The number of carbonyl (C=O) groups is 1. The van der Waals surface area contributed by atoms with Crippen LogP contribution in [-0.2, 0) is 16.0 Å². The van der Waals surface area contributed by atoms with Crippen molar-refractivity contribution >= 4 is 17.2 Å². The van der Waals surface area contributed by atoms with Crippen molar-refractivity contribution in [3.8, 4) is 10.7 Å². The smallest absolute Gasteiger partial charge is 0.228 e. The molecular formula is C15H17N3O2S. The summed E-state index contributed by atoms with van der Waals surface area (Å²) in [6.45, 7) is 4.58. The van der Waals surface area contributed by atoms with Crippen LogP contribution in [0.25, 0.3) is 10.7 Å². The van der Waals surface area contributed by atoms with Crippen molar-refractivity contribution in [1.29, 1.82) is 0 Å². The third-order valence-electron chi connectivity index (χ3n) is 3.45. The van der Waals surface area contributed by atoms with Crippen molar-refractivity contribution in [2.75, 3.05) is 26.3 Å². The van der Waals surface area contributed by atoms with Crippen LogP contribution >= 0.6 is 11.3 Å². The molecule has 3 heterocycles. The Morgan fingerprint density at radius 3 is 2.90 bits per heavy atom. The molecule has 0 saturated carbocycles. The summed E-state index contributed by atoms with van der Waals surface area (Å²) in [5.41, 5.74) is 1.78. The molecule has 0 aromatic carbocycles. The van der Waals surface area contributed by atoms with Crippen LogP contribution in [0.2, 0.25) is 0 Å². The number of nitrogens with zero attached hydrogens (tertiary/aromatic N) is 3. The minimum atomic E-state index is 0.151. The van der Waals surface area contributed by atoms with Gasteiger partial charge >= 0.3 is 0 Å². The van der Waals surface area contributed by atoms with E-state index in [4.69, 9.17) is 4.74 Å². The highest BCUT2D eigenvalue weighted by molar-refractivity contribution is 7.15. The average molecular weight is 303 g/mol. The van der Waals surface area contributed by atoms with Gasteiger partial charge in [0, 0.05) is 24.2 Å². The van der Waals surface area contributed by atoms with E-state index in [1.54, 1.807) is 17.5 Å². The number of carbonyl (C=O) groups excluding carboxylic acids is 1. The zero-order chi connectivity index (χ0) is 14.7. The predicted octanol–water partition coefficient (Wildman–Crippen LogP) is 1.91. The van der Waals surface area contributed by atoms with Crippen LogP contribution in [0.15, 0.2) is 24.4 Å². The number of amides is 1. The van der Waals surface area contributed by atoms with Gasteiger partial charge in [-0.25, -0.2) is 4.98 Å². The fraction of sp³-hybridized carbons (Fsp3) is 0.400. The Morgan fingerprint density at radius 1 is 1.38 bits per heavy atom. The van der Waals surface area contributed by atoms with Crippen LogP contribution in [0.3, 0.4) is 0 Å². The van der Waals surface area contributed by atoms with Crippen molar-refractivity contribution in [3.05, 3.63) is 35.0 Å². The topological polar surface area (TPSA) is 55.3 Å². The van der Waals surface area contributed by atoms with Crippen LogP contribution in [-0.4, -0.2) is 47.1 Å². The van der Waals surface area contributed by atoms with Crippen LogP contribution in [0, 0.1) is 6.92 Å². The maximum atomic E-state index is 12.3. The van der Waals surface area contributed by atoms with Gasteiger partial charge in [-0.1, -0.05) is 6.07 Å². The Kier molecular flexibility index (Phi) is 4.26. The summed E-state index contributed by atoms with van der Waals surface area (Å²) in [5, 5.41) is 0.873. The summed E-state index contributed by atoms with van der Waals surface area (Å²) < 4.78 is 5.27. The first-order chi connectivity index (χ1) is 10.2. The lowest BCUT2D eigenvalue weighted by Crippen LogP contribution is -2.41. The SMILES string of the molecule is Cc1nc(-c2ccccn2)sc1CC(=O)N1CCOCC1. The molecule has 0 radical (unpaired) electrons. The molecule has 6 heteroatoms. The first-order valence-corrected chi connectivity index (χ1v) is 7.79. The van der Waals surface area contributed by atoms with E-state index in [0.29, 0.717) is 32.7 Å². The number of hydrogen-bond donors (Lipinski definition) is 0. The van der Waals surface area contributed by atoms with E-state index < -0.39 is 0 Å². The zero-order valence-corrected chi connectivity index (χ0v) is 12.7. The van der Waals surface area contributed by atoms with Gasteiger partial charge in [0.05, 0.1) is 31.0 Å². The Hall–Kier alpha value is -1.79. The summed E-state index contributed by atoms with van der Waals surface area (Å²) in [4.78, 5) is 24.0. The Morgan fingerprint density at radius 2 is 2.19 bits per heavy atom. The molecule has 0 spiro atoms. The molecule has 2 aromatic rings. The largest absolute Gasteiger partial charge is 0.378 e. The number of ether oxygens (including phenoxy) is 1. The molecule has 1 aliphatic heterocycles. The average Bonchev–Trinajstić information content (AvgIpc) is 2.90. The van der Waals surface area contributed by atoms with Crippen LogP contribution in [0.1, 0.15) is 10.6 Å². The van der Waals surface area contributed by atoms with E-state index in [-0.39, 0.29) is 5.91 Å². The molecule has 0 bridgehead atoms. The molecule has 5 nitrogen and oxygen atoms in total. The molecule has 1 fully saturated rings. The number of morpholine rings is 1. The number of rotatable bonds is 3. The lowest BCUT2D eigenvalue weighted by atomic mass is 10.2. The minimum absolute atomic E-state index is 0.151. The van der Waals surface area contributed by atoms with Gasteiger partial charge < -0.3 is 9.64 Å². The lowest BCUT2D eigenvalue weighted by Gasteiger charge is -2.26. The van der Waals surface area contributed by atoms with Gasteiger partial charge in [0.25, 0.3) is 0 Å². The van der Waals surface area contributed by atoms with Gasteiger partial charge in [-0.15, -0.1) is 11.3 Å². The summed E-state index contributed by atoms with van der Waals surface area (Å²) in [5.74, 6) is 0.151. The van der Waals surface area contributed by atoms with Crippen molar-refractivity contribution in [2.24, 2.45) is 0 Å². The standard InChI is InChI=1S/C15H17N3O2S/c1-11-13(10-14(19)18-6-8-20-9-7-18)21-15(17-11)12-4-2-3-5-16-12/h2-5H,6-10H2,1H3. The lowest BCUT2D eigenvalue weighted by molar-refractivity contribution is -0.134. The second-order valence-electron chi connectivity index (χ2n) is 4.91. The fourth-order valence-electron chi connectivity index (χ4n) is 2.25. The third-order valence-corrected chi connectivity index (χ3v) is 4.63. The van der Waals surface area contributed by atoms with E-state index in [0.717, 1.165) is 21.3 Å². The molecule has 1 aliphatic rings. The molecule has 0 unspecified atom stereocenters. The highest BCUT2D eigenvalue weighted by Crippen LogP contribution is 2.27. The third kappa shape index (κ3) is 3.28. The molecule has 1 saturated heterocycles. The van der Waals surface area contributed by atoms with Gasteiger partial charge in [0.1, 0.15) is 5.01 Å². The maximum absolute atomic E-state index is 12.3. The molecule has 0 N–H and O–H groups in total. The molecule has 1 amide bonds. The van der Waals surface area contributed by atoms with E-state index >= 15 is 0 Å². The van der Waals surface area contributed by atoms with Crippen molar-refractivity contribution in [2.45, 2.75) is 13.3 Å².